The Balaban J connectivity index is 1.28. The molecule has 3 atom stereocenters. The normalized spacial score (nSPS) is 22.7. The summed E-state index contributed by atoms with van der Waals surface area (Å²) in [5.74, 6) is -0.381. The number of fused-ring (bicyclic) bond motifs is 6. The zero-order chi connectivity index (χ0) is 24.4. The van der Waals surface area contributed by atoms with Gasteiger partial charge in [0.05, 0.1) is 34.0 Å². The topological polar surface area (TPSA) is 96.8 Å². The number of rotatable bonds is 2. The molecule has 8 nitrogen and oxygen atoms in total. The van der Waals surface area contributed by atoms with E-state index in [-0.39, 0.29) is 28.6 Å². The molecule has 3 heterocycles. The number of hydrogen-bond donors (Lipinski definition) is 1. The molecule has 0 aromatic heterocycles. The van der Waals surface area contributed by atoms with Gasteiger partial charge >= 0.3 is 12.1 Å². The first kappa shape index (κ1) is 21.4. The van der Waals surface area contributed by atoms with Crippen LogP contribution in [0, 0.1) is 18.3 Å². The van der Waals surface area contributed by atoms with E-state index < -0.39 is 18.1 Å². The van der Waals surface area contributed by atoms with Gasteiger partial charge < -0.3 is 15.1 Å². The first-order chi connectivity index (χ1) is 16.9. The molecule has 3 aromatic rings. The summed E-state index contributed by atoms with van der Waals surface area (Å²) in [6.45, 7) is 2.04. The number of benzene rings is 3. The molecule has 0 aliphatic carbocycles. The number of likely N-dealkylation sites (tertiary alicyclic amines) is 1. The highest BCUT2D eigenvalue weighted by Crippen LogP contribution is 2.44. The van der Waals surface area contributed by atoms with Crippen molar-refractivity contribution in [3.8, 4) is 6.07 Å². The molecule has 3 aliphatic heterocycles. The van der Waals surface area contributed by atoms with Crippen molar-refractivity contribution in [2.45, 2.75) is 31.5 Å². The van der Waals surface area contributed by atoms with Gasteiger partial charge in [0.15, 0.2) is 0 Å². The number of nitriles is 1. The van der Waals surface area contributed by atoms with Gasteiger partial charge in [0, 0.05) is 11.9 Å². The van der Waals surface area contributed by atoms with Crippen LogP contribution in [0.1, 0.15) is 17.5 Å². The minimum absolute atomic E-state index is 0.219. The van der Waals surface area contributed by atoms with Crippen LogP contribution < -0.4 is 10.2 Å². The molecule has 0 radical (unpaired) electrons. The number of nitrogens with zero attached hydrogens (tertiary/aromatic N) is 4. The predicted octanol–water partition coefficient (Wildman–Crippen LogP) is 4.50. The van der Waals surface area contributed by atoms with Crippen LogP contribution in [0.25, 0.3) is 10.8 Å². The Labute approximate surface area is 206 Å². The third-order valence-corrected chi connectivity index (χ3v) is 7.76. The second-order valence-corrected chi connectivity index (χ2v) is 9.44. The molecule has 1 unspecified atom stereocenters. The molecular weight excluding hydrogens is 466 g/mol. The second-order valence-electron chi connectivity index (χ2n) is 9.06. The van der Waals surface area contributed by atoms with E-state index in [0.717, 1.165) is 15.7 Å². The fourth-order valence-electron chi connectivity index (χ4n) is 5.64. The predicted molar refractivity (Wildman–Crippen MR) is 131 cm³/mol. The Morgan fingerprint density at radius 3 is 2.69 bits per heavy atom. The van der Waals surface area contributed by atoms with E-state index in [4.69, 9.17) is 11.6 Å². The van der Waals surface area contributed by atoms with Crippen molar-refractivity contribution in [2.24, 2.45) is 0 Å². The number of carbonyl (C=O) groups excluding carboxylic acids is 3. The van der Waals surface area contributed by atoms with E-state index in [2.05, 4.69) is 5.32 Å². The lowest BCUT2D eigenvalue weighted by Crippen LogP contribution is -2.55. The van der Waals surface area contributed by atoms with Crippen molar-refractivity contribution in [2.75, 3.05) is 16.8 Å². The van der Waals surface area contributed by atoms with Crippen LogP contribution in [0.4, 0.5) is 21.0 Å². The lowest BCUT2D eigenvalue weighted by atomic mass is 10.1. The van der Waals surface area contributed by atoms with Crippen molar-refractivity contribution in [1.29, 1.82) is 5.26 Å². The zero-order valence-corrected chi connectivity index (χ0v) is 19.5. The lowest BCUT2D eigenvalue weighted by Gasteiger charge is -2.34. The summed E-state index contributed by atoms with van der Waals surface area (Å²) in [6.07, 6.45) is 0.562. The molecule has 3 fully saturated rings. The summed E-state index contributed by atoms with van der Waals surface area (Å²) < 4.78 is 0. The molecule has 1 N–H and O–H groups in total. The maximum absolute atomic E-state index is 13.5. The molecule has 0 spiro atoms. The molecule has 3 aliphatic rings. The van der Waals surface area contributed by atoms with Crippen LogP contribution >= 0.6 is 11.6 Å². The summed E-state index contributed by atoms with van der Waals surface area (Å²) in [5, 5.41) is 14.4. The van der Waals surface area contributed by atoms with Gasteiger partial charge in [0.2, 0.25) is 0 Å². The number of imide groups is 1. The Kier molecular flexibility index (Phi) is 4.73. The summed E-state index contributed by atoms with van der Waals surface area (Å²) in [4.78, 5) is 44.5. The Morgan fingerprint density at radius 2 is 1.89 bits per heavy atom. The number of piperazine rings is 1. The van der Waals surface area contributed by atoms with Crippen LogP contribution in [0.15, 0.2) is 54.6 Å². The van der Waals surface area contributed by atoms with E-state index in [9.17, 15) is 19.6 Å². The molecule has 3 saturated heterocycles. The quantitative estimate of drug-likeness (QED) is 0.540. The Morgan fingerprint density at radius 1 is 1.11 bits per heavy atom. The number of hydrogen-bond acceptors (Lipinski definition) is 4. The minimum atomic E-state index is -0.742. The number of carbonyl (C=O) groups is 3. The van der Waals surface area contributed by atoms with Crippen LogP contribution in [0.2, 0.25) is 5.02 Å². The van der Waals surface area contributed by atoms with Gasteiger partial charge in [-0.3, -0.25) is 4.79 Å². The van der Waals surface area contributed by atoms with Crippen molar-refractivity contribution in [1.82, 2.24) is 9.80 Å². The first-order valence-electron chi connectivity index (χ1n) is 11.3. The molecule has 3 aromatic carbocycles. The lowest BCUT2D eigenvalue weighted by molar-refractivity contribution is -0.120. The van der Waals surface area contributed by atoms with Gasteiger partial charge in [-0.05, 0) is 42.5 Å². The summed E-state index contributed by atoms with van der Waals surface area (Å²) in [7, 11) is 0. The third-order valence-electron chi connectivity index (χ3n) is 7.28. The SMILES string of the molecule is Cc1c(N2C(=O)[C@@H]3C4C[C@H](CN4C(=O)Nc4cccc5ccccc45)N3C2=O)ccc(C#N)c1Cl. The van der Waals surface area contributed by atoms with Gasteiger partial charge in [-0.25, -0.2) is 14.5 Å². The number of amides is 5. The average Bonchev–Trinajstić information content (AvgIpc) is 3.53. The maximum atomic E-state index is 13.5. The van der Waals surface area contributed by atoms with Crippen LogP contribution in [0.5, 0.6) is 0 Å². The molecule has 5 amide bonds. The van der Waals surface area contributed by atoms with Crippen molar-refractivity contribution < 1.29 is 14.4 Å². The highest BCUT2D eigenvalue weighted by molar-refractivity contribution is 6.33. The van der Waals surface area contributed by atoms with Gasteiger partial charge in [0.1, 0.15) is 12.1 Å². The van der Waals surface area contributed by atoms with Crippen LogP contribution in [0.3, 0.4) is 0 Å². The van der Waals surface area contributed by atoms with E-state index in [1.54, 1.807) is 22.8 Å². The monoisotopic (exact) mass is 485 g/mol. The molecule has 9 heteroatoms. The Bertz CT molecular complexity index is 1480. The minimum Gasteiger partial charge on any atom is -0.317 e. The van der Waals surface area contributed by atoms with Crippen LogP contribution in [-0.2, 0) is 4.79 Å². The largest absolute Gasteiger partial charge is 0.332 e. The number of urea groups is 2. The zero-order valence-electron chi connectivity index (χ0n) is 18.7. The smallest absolute Gasteiger partial charge is 0.317 e. The molecular formula is C26H20ClN5O3. The van der Waals surface area contributed by atoms with E-state index in [1.807, 2.05) is 48.5 Å². The molecule has 2 bridgehead atoms. The molecule has 35 heavy (non-hydrogen) atoms. The standard InChI is InChI=1S/C26H20ClN5O3/c1-14-20(10-9-16(12-28)22(14)27)32-24(33)23-21-11-17(31(23)26(32)35)13-30(21)25(34)29-19-8-4-6-15-5-2-3-7-18(15)19/h2-10,17,21,23H,11,13H2,1H3,(H,29,34)/t17-,21?,23+/m1/s1. The first-order valence-corrected chi connectivity index (χ1v) is 11.7. The van der Waals surface area contributed by atoms with E-state index in [1.165, 1.54) is 6.07 Å². The number of halogens is 1. The van der Waals surface area contributed by atoms with Crippen molar-refractivity contribution in [3.63, 3.8) is 0 Å². The van der Waals surface area contributed by atoms with Crippen LogP contribution in [-0.4, -0.2) is 52.4 Å². The summed E-state index contributed by atoms with van der Waals surface area (Å²) in [6, 6.07) is 16.5. The van der Waals surface area contributed by atoms with E-state index in [0.29, 0.717) is 29.9 Å². The van der Waals surface area contributed by atoms with Gasteiger partial charge in [-0.15, -0.1) is 0 Å². The summed E-state index contributed by atoms with van der Waals surface area (Å²) >= 11 is 6.30. The maximum Gasteiger partial charge on any atom is 0.332 e. The van der Waals surface area contributed by atoms with E-state index >= 15 is 0 Å². The van der Waals surface area contributed by atoms with Crippen molar-refractivity contribution in [3.05, 3.63) is 70.7 Å². The highest BCUT2D eigenvalue weighted by atomic mass is 35.5. The number of anilines is 2. The summed E-state index contributed by atoms with van der Waals surface area (Å²) in [5.41, 5.74) is 1.84. The van der Waals surface area contributed by atoms with Gasteiger partial charge in [-0.2, -0.15) is 5.26 Å². The number of nitrogens with one attached hydrogen (secondary N) is 1. The average molecular weight is 486 g/mol. The molecule has 6 rings (SSSR count). The van der Waals surface area contributed by atoms with Crippen molar-refractivity contribution >= 4 is 51.7 Å². The Hall–Kier alpha value is -4.09. The third kappa shape index (κ3) is 3.01. The molecule has 174 valence electrons. The highest BCUT2D eigenvalue weighted by Gasteiger charge is 2.63. The fourth-order valence-corrected chi connectivity index (χ4v) is 5.84. The second kappa shape index (κ2) is 7.72. The van der Waals surface area contributed by atoms with Gasteiger partial charge in [-0.1, -0.05) is 48.0 Å². The van der Waals surface area contributed by atoms with Gasteiger partial charge in [0.25, 0.3) is 5.91 Å². The fraction of sp³-hybridized carbons (Fsp3) is 0.231. The molecule has 0 saturated carbocycles.